The molecule has 0 saturated heterocycles. The topological polar surface area (TPSA) is 60.9 Å². The van der Waals surface area contributed by atoms with Gasteiger partial charge in [-0.2, -0.15) is 5.10 Å². The van der Waals surface area contributed by atoms with Crippen LogP contribution in [0.15, 0.2) is 42.7 Å². The first-order chi connectivity index (χ1) is 7.27. The number of carbonyl (C=O) groups excluding carboxylic acids is 1. The molecule has 2 N–H and O–H groups in total. The van der Waals surface area contributed by atoms with E-state index in [-0.39, 0.29) is 0 Å². The van der Waals surface area contributed by atoms with Gasteiger partial charge >= 0.3 is 0 Å². The smallest absolute Gasteiger partial charge is 0.249 e. The van der Waals surface area contributed by atoms with Crippen LogP contribution in [0.2, 0.25) is 0 Å². The van der Waals surface area contributed by atoms with Gasteiger partial charge in [-0.15, -0.1) is 0 Å². The third kappa shape index (κ3) is 2.04. The summed E-state index contributed by atoms with van der Waals surface area (Å²) in [4.78, 5) is 11.1. The van der Waals surface area contributed by atoms with Crippen molar-refractivity contribution in [3.8, 4) is 0 Å². The van der Waals surface area contributed by atoms with Crippen molar-refractivity contribution in [3.63, 3.8) is 0 Å². The summed E-state index contributed by atoms with van der Waals surface area (Å²) in [5, 5.41) is 4.08. The second kappa shape index (κ2) is 3.96. The Hall–Kier alpha value is -2.10. The van der Waals surface area contributed by atoms with Gasteiger partial charge in [0, 0.05) is 18.0 Å². The maximum atomic E-state index is 11.1. The number of primary amides is 1. The van der Waals surface area contributed by atoms with Gasteiger partial charge in [-0.1, -0.05) is 18.2 Å². The van der Waals surface area contributed by atoms with Crippen LogP contribution in [-0.4, -0.2) is 15.7 Å². The normalized spacial score (nSPS) is 10.1. The molecule has 0 aliphatic heterocycles. The number of rotatable bonds is 3. The van der Waals surface area contributed by atoms with Gasteiger partial charge in [0.25, 0.3) is 0 Å². The molecule has 15 heavy (non-hydrogen) atoms. The van der Waals surface area contributed by atoms with Crippen molar-refractivity contribution in [1.82, 2.24) is 9.78 Å². The quantitative estimate of drug-likeness (QED) is 0.806. The first-order valence-corrected chi connectivity index (χ1v) is 4.62. The Labute approximate surface area is 87.3 Å². The van der Waals surface area contributed by atoms with Crippen molar-refractivity contribution < 1.29 is 4.79 Å². The monoisotopic (exact) mass is 201 g/mol. The lowest BCUT2D eigenvalue weighted by atomic mass is 10.1. The molecule has 1 aromatic carbocycles. The van der Waals surface area contributed by atoms with Crippen molar-refractivity contribution >= 4 is 5.91 Å². The van der Waals surface area contributed by atoms with Crippen molar-refractivity contribution in [2.75, 3.05) is 0 Å². The molecule has 0 saturated carbocycles. The van der Waals surface area contributed by atoms with Crippen molar-refractivity contribution in [3.05, 3.63) is 53.9 Å². The highest BCUT2D eigenvalue weighted by atomic mass is 16.1. The highest BCUT2D eigenvalue weighted by molar-refractivity contribution is 5.94. The molecule has 0 spiro atoms. The molecule has 4 heteroatoms. The molecule has 1 amide bonds. The number of amides is 1. The lowest BCUT2D eigenvalue weighted by Crippen LogP contribution is -2.15. The van der Waals surface area contributed by atoms with Gasteiger partial charge < -0.3 is 5.73 Å². The molecule has 0 radical (unpaired) electrons. The minimum Gasteiger partial charge on any atom is -0.366 e. The summed E-state index contributed by atoms with van der Waals surface area (Å²) in [6, 6.07) is 9.12. The van der Waals surface area contributed by atoms with E-state index >= 15 is 0 Å². The van der Waals surface area contributed by atoms with Gasteiger partial charge in [0.1, 0.15) is 0 Å². The molecule has 2 rings (SSSR count). The molecular formula is C11H11N3O. The lowest BCUT2D eigenvalue weighted by Gasteiger charge is -2.06. The fraction of sp³-hybridized carbons (Fsp3) is 0.0909. The van der Waals surface area contributed by atoms with Gasteiger partial charge in [-0.05, 0) is 17.7 Å². The fourth-order valence-corrected chi connectivity index (χ4v) is 1.47. The van der Waals surface area contributed by atoms with E-state index in [1.54, 1.807) is 23.0 Å². The molecule has 76 valence electrons. The van der Waals surface area contributed by atoms with Gasteiger partial charge in [0.15, 0.2) is 0 Å². The average Bonchev–Trinajstić information content (AvgIpc) is 2.71. The van der Waals surface area contributed by atoms with Crippen LogP contribution >= 0.6 is 0 Å². The predicted octanol–water partition coefficient (Wildman–Crippen LogP) is 1.03. The summed E-state index contributed by atoms with van der Waals surface area (Å²) in [7, 11) is 0. The Balaban J connectivity index is 2.32. The number of carbonyl (C=O) groups is 1. The summed E-state index contributed by atoms with van der Waals surface area (Å²) in [5.41, 5.74) is 6.71. The highest BCUT2D eigenvalue weighted by Gasteiger charge is 2.06. The van der Waals surface area contributed by atoms with Crippen molar-refractivity contribution in [1.29, 1.82) is 0 Å². The summed E-state index contributed by atoms with van der Waals surface area (Å²) >= 11 is 0. The third-order valence-corrected chi connectivity index (χ3v) is 2.17. The van der Waals surface area contributed by atoms with Crippen LogP contribution in [0.5, 0.6) is 0 Å². The first-order valence-electron chi connectivity index (χ1n) is 4.62. The molecule has 1 aromatic heterocycles. The maximum Gasteiger partial charge on any atom is 0.249 e. The second-order valence-electron chi connectivity index (χ2n) is 3.23. The van der Waals surface area contributed by atoms with Gasteiger partial charge in [-0.3, -0.25) is 9.48 Å². The van der Waals surface area contributed by atoms with Gasteiger partial charge in [0.05, 0.1) is 6.54 Å². The summed E-state index contributed by atoms with van der Waals surface area (Å²) in [6.45, 7) is 0.562. The van der Waals surface area contributed by atoms with Crippen LogP contribution in [0.1, 0.15) is 15.9 Å². The van der Waals surface area contributed by atoms with Gasteiger partial charge in [-0.25, -0.2) is 0 Å². The van der Waals surface area contributed by atoms with Crippen LogP contribution in [0.3, 0.4) is 0 Å². The molecule has 0 aliphatic carbocycles. The van der Waals surface area contributed by atoms with E-state index in [0.29, 0.717) is 12.1 Å². The first kappa shape index (κ1) is 9.45. The summed E-state index contributed by atoms with van der Waals surface area (Å²) in [6.07, 6.45) is 3.55. The largest absolute Gasteiger partial charge is 0.366 e. The van der Waals surface area contributed by atoms with Crippen molar-refractivity contribution in [2.45, 2.75) is 6.54 Å². The van der Waals surface area contributed by atoms with E-state index in [1.807, 2.05) is 24.4 Å². The summed E-state index contributed by atoms with van der Waals surface area (Å²) < 4.78 is 1.75. The molecule has 0 fully saturated rings. The molecule has 0 unspecified atom stereocenters. The molecule has 0 bridgehead atoms. The second-order valence-corrected chi connectivity index (χ2v) is 3.23. The molecular weight excluding hydrogens is 190 g/mol. The molecule has 2 aromatic rings. The fourth-order valence-electron chi connectivity index (χ4n) is 1.47. The minimum absolute atomic E-state index is 0.405. The Bertz CT molecular complexity index is 462. The Morgan fingerprint density at radius 3 is 2.80 bits per heavy atom. The SMILES string of the molecule is NC(=O)c1ccccc1Cn1cccn1. The Morgan fingerprint density at radius 1 is 1.33 bits per heavy atom. The van der Waals surface area contributed by atoms with E-state index < -0.39 is 5.91 Å². The van der Waals surface area contributed by atoms with E-state index in [2.05, 4.69) is 5.10 Å². The zero-order chi connectivity index (χ0) is 10.7. The van der Waals surface area contributed by atoms with E-state index in [4.69, 9.17) is 5.73 Å². The van der Waals surface area contributed by atoms with Crippen LogP contribution in [-0.2, 0) is 6.54 Å². The number of nitrogens with two attached hydrogens (primary N) is 1. The Kier molecular flexibility index (Phi) is 2.49. The Morgan fingerprint density at radius 2 is 2.13 bits per heavy atom. The molecule has 0 atom stereocenters. The number of hydrogen-bond donors (Lipinski definition) is 1. The average molecular weight is 201 g/mol. The van der Waals surface area contributed by atoms with Crippen LogP contribution in [0.4, 0.5) is 0 Å². The van der Waals surface area contributed by atoms with E-state index in [9.17, 15) is 4.79 Å². The number of aromatic nitrogens is 2. The van der Waals surface area contributed by atoms with Crippen molar-refractivity contribution in [2.24, 2.45) is 5.73 Å². The number of hydrogen-bond acceptors (Lipinski definition) is 2. The predicted molar refractivity (Wildman–Crippen MR) is 56.3 cm³/mol. The number of benzene rings is 1. The molecule has 1 heterocycles. The minimum atomic E-state index is -0.405. The van der Waals surface area contributed by atoms with Crippen LogP contribution in [0, 0.1) is 0 Å². The van der Waals surface area contributed by atoms with Gasteiger partial charge in [0.2, 0.25) is 5.91 Å². The van der Waals surface area contributed by atoms with E-state index in [1.165, 1.54) is 0 Å². The lowest BCUT2D eigenvalue weighted by molar-refractivity contribution is 0.0999. The molecule has 0 aliphatic rings. The standard InChI is InChI=1S/C11H11N3O/c12-11(15)10-5-2-1-4-9(10)8-14-7-3-6-13-14/h1-7H,8H2,(H2,12,15). The number of nitrogens with zero attached hydrogens (tertiary/aromatic N) is 2. The third-order valence-electron chi connectivity index (χ3n) is 2.17. The van der Waals surface area contributed by atoms with Crippen LogP contribution in [0.25, 0.3) is 0 Å². The molecule has 4 nitrogen and oxygen atoms in total. The van der Waals surface area contributed by atoms with E-state index in [0.717, 1.165) is 5.56 Å². The summed E-state index contributed by atoms with van der Waals surface area (Å²) in [5.74, 6) is -0.405. The zero-order valence-electron chi connectivity index (χ0n) is 8.13. The zero-order valence-corrected chi connectivity index (χ0v) is 8.13. The maximum absolute atomic E-state index is 11.1. The van der Waals surface area contributed by atoms with Crippen LogP contribution < -0.4 is 5.73 Å². The highest BCUT2D eigenvalue weighted by Crippen LogP contribution is 2.09.